The second-order valence-electron chi connectivity index (χ2n) is 4.32. The number of aromatic nitrogens is 2. The number of hydrogen-bond donors (Lipinski definition) is 0. The Bertz CT molecular complexity index is 474. The highest BCUT2D eigenvalue weighted by Crippen LogP contribution is 2.27. The largest absolute Gasteiger partial charge is 0.272 e. The van der Waals surface area contributed by atoms with Crippen LogP contribution in [0, 0.1) is 5.92 Å². The molecular weight excluding hydrogens is 264 g/mol. The third kappa shape index (κ3) is 2.53. The van der Waals surface area contributed by atoms with E-state index in [4.69, 9.17) is 0 Å². The van der Waals surface area contributed by atoms with Crippen LogP contribution in [-0.2, 0) is 6.54 Å². The quantitative estimate of drug-likeness (QED) is 0.831. The Kier molecular flexibility index (Phi) is 3.44. The lowest BCUT2D eigenvalue weighted by molar-refractivity contribution is 0.483. The van der Waals surface area contributed by atoms with Gasteiger partial charge in [0.25, 0.3) is 0 Å². The summed E-state index contributed by atoms with van der Waals surface area (Å²) in [5.74, 6) is 0.618. The molecule has 0 atom stereocenters. The van der Waals surface area contributed by atoms with Crippen molar-refractivity contribution in [2.24, 2.45) is 5.92 Å². The topological polar surface area (TPSA) is 17.8 Å². The number of nitrogens with zero attached hydrogens (tertiary/aromatic N) is 2. The van der Waals surface area contributed by atoms with Gasteiger partial charge in [0.15, 0.2) is 0 Å². The Morgan fingerprint density at radius 3 is 2.75 bits per heavy atom. The molecule has 16 heavy (non-hydrogen) atoms. The molecule has 0 aliphatic rings. The molecule has 1 aromatic heterocycles. The molecule has 0 aliphatic carbocycles. The first-order chi connectivity index (χ1) is 7.66. The summed E-state index contributed by atoms with van der Waals surface area (Å²) in [6.07, 6.45) is 4.02. The van der Waals surface area contributed by atoms with Crippen LogP contribution in [0.1, 0.15) is 13.8 Å². The van der Waals surface area contributed by atoms with E-state index in [0.29, 0.717) is 5.92 Å². The van der Waals surface area contributed by atoms with Gasteiger partial charge in [0, 0.05) is 22.8 Å². The van der Waals surface area contributed by atoms with E-state index in [2.05, 4.69) is 53.2 Å². The van der Waals surface area contributed by atoms with Gasteiger partial charge >= 0.3 is 0 Å². The second kappa shape index (κ2) is 4.83. The summed E-state index contributed by atoms with van der Waals surface area (Å²) in [7, 11) is 0. The van der Waals surface area contributed by atoms with Crippen molar-refractivity contribution < 1.29 is 0 Å². The molecule has 2 nitrogen and oxygen atoms in total. The van der Waals surface area contributed by atoms with E-state index >= 15 is 0 Å². The lowest BCUT2D eigenvalue weighted by atomic mass is 10.1. The Morgan fingerprint density at radius 1 is 1.31 bits per heavy atom. The molecular formula is C13H15BrN2. The SMILES string of the molecule is CC(C)Cn1cc(-c2ccccc2Br)cn1. The van der Waals surface area contributed by atoms with Gasteiger partial charge in [-0.05, 0) is 17.5 Å². The standard InChI is InChI=1S/C13H15BrN2/c1-10(2)8-16-9-11(7-15-16)12-5-3-4-6-13(12)14/h3-7,9-10H,8H2,1-2H3. The van der Waals surface area contributed by atoms with Crippen LogP contribution in [-0.4, -0.2) is 9.78 Å². The molecule has 0 unspecified atom stereocenters. The summed E-state index contributed by atoms with van der Waals surface area (Å²) in [4.78, 5) is 0. The first-order valence-corrected chi connectivity index (χ1v) is 6.23. The zero-order valence-corrected chi connectivity index (χ0v) is 11.1. The Morgan fingerprint density at radius 2 is 2.06 bits per heavy atom. The highest BCUT2D eigenvalue weighted by Gasteiger charge is 2.05. The van der Waals surface area contributed by atoms with E-state index in [0.717, 1.165) is 16.6 Å². The van der Waals surface area contributed by atoms with Gasteiger partial charge in [-0.1, -0.05) is 48.0 Å². The van der Waals surface area contributed by atoms with Crippen LogP contribution in [0.15, 0.2) is 41.1 Å². The summed E-state index contributed by atoms with van der Waals surface area (Å²) < 4.78 is 3.11. The third-order valence-corrected chi connectivity index (χ3v) is 3.06. The molecule has 0 saturated carbocycles. The van der Waals surface area contributed by atoms with Crippen molar-refractivity contribution in [3.63, 3.8) is 0 Å². The minimum Gasteiger partial charge on any atom is -0.272 e. The minimum absolute atomic E-state index is 0.618. The van der Waals surface area contributed by atoms with E-state index in [1.165, 1.54) is 5.56 Å². The second-order valence-corrected chi connectivity index (χ2v) is 5.18. The molecule has 1 heterocycles. The molecule has 3 heteroatoms. The van der Waals surface area contributed by atoms with Crippen LogP contribution in [0.2, 0.25) is 0 Å². The molecule has 2 aromatic rings. The van der Waals surface area contributed by atoms with Gasteiger partial charge in [-0.2, -0.15) is 5.10 Å². The zero-order chi connectivity index (χ0) is 11.5. The van der Waals surface area contributed by atoms with Gasteiger partial charge < -0.3 is 0 Å². The summed E-state index contributed by atoms with van der Waals surface area (Å²) >= 11 is 3.56. The average molecular weight is 279 g/mol. The maximum Gasteiger partial charge on any atom is 0.0568 e. The van der Waals surface area contributed by atoms with Crippen molar-refractivity contribution in [3.8, 4) is 11.1 Å². The van der Waals surface area contributed by atoms with E-state index in [9.17, 15) is 0 Å². The Balaban J connectivity index is 2.28. The van der Waals surface area contributed by atoms with Gasteiger partial charge in [-0.3, -0.25) is 4.68 Å². The fourth-order valence-corrected chi connectivity index (χ4v) is 2.19. The van der Waals surface area contributed by atoms with E-state index < -0.39 is 0 Å². The Hall–Kier alpha value is -1.09. The summed E-state index contributed by atoms with van der Waals surface area (Å²) in [5, 5.41) is 4.37. The predicted octanol–water partition coefficient (Wildman–Crippen LogP) is 3.97. The smallest absolute Gasteiger partial charge is 0.0568 e. The molecule has 0 fully saturated rings. The van der Waals surface area contributed by atoms with Crippen molar-refractivity contribution in [2.45, 2.75) is 20.4 Å². The van der Waals surface area contributed by atoms with Crippen LogP contribution in [0.5, 0.6) is 0 Å². The van der Waals surface area contributed by atoms with Crippen molar-refractivity contribution in [1.82, 2.24) is 9.78 Å². The Labute approximate surface area is 104 Å². The van der Waals surface area contributed by atoms with Crippen LogP contribution >= 0.6 is 15.9 Å². The molecule has 1 aromatic carbocycles. The summed E-state index contributed by atoms with van der Waals surface area (Å²) in [5.41, 5.74) is 2.35. The predicted molar refractivity (Wildman–Crippen MR) is 70.2 cm³/mol. The molecule has 0 N–H and O–H groups in total. The fourth-order valence-electron chi connectivity index (χ4n) is 1.67. The third-order valence-electron chi connectivity index (χ3n) is 2.37. The summed E-state index contributed by atoms with van der Waals surface area (Å²) in [6.45, 7) is 5.35. The van der Waals surface area contributed by atoms with E-state index in [-0.39, 0.29) is 0 Å². The number of rotatable bonds is 3. The molecule has 0 saturated heterocycles. The highest BCUT2D eigenvalue weighted by atomic mass is 79.9. The lowest BCUT2D eigenvalue weighted by Crippen LogP contribution is -2.03. The number of benzene rings is 1. The van der Waals surface area contributed by atoms with Crippen LogP contribution in [0.4, 0.5) is 0 Å². The molecule has 0 aliphatic heterocycles. The molecule has 0 radical (unpaired) electrons. The van der Waals surface area contributed by atoms with Crippen LogP contribution in [0.3, 0.4) is 0 Å². The lowest BCUT2D eigenvalue weighted by Gasteiger charge is -2.03. The van der Waals surface area contributed by atoms with Crippen molar-refractivity contribution in [1.29, 1.82) is 0 Å². The van der Waals surface area contributed by atoms with E-state index in [1.54, 1.807) is 0 Å². The van der Waals surface area contributed by atoms with Gasteiger partial charge in [0.1, 0.15) is 0 Å². The van der Waals surface area contributed by atoms with E-state index in [1.807, 2.05) is 23.0 Å². The van der Waals surface area contributed by atoms with Crippen LogP contribution in [0.25, 0.3) is 11.1 Å². The fraction of sp³-hybridized carbons (Fsp3) is 0.308. The molecule has 2 rings (SSSR count). The van der Waals surface area contributed by atoms with Crippen LogP contribution < -0.4 is 0 Å². The van der Waals surface area contributed by atoms with Gasteiger partial charge in [0.05, 0.1) is 6.20 Å². The van der Waals surface area contributed by atoms with Crippen molar-refractivity contribution >= 4 is 15.9 Å². The van der Waals surface area contributed by atoms with Gasteiger partial charge in [-0.15, -0.1) is 0 Å². The monoisotopic (exact) mass is 278 g/mol. The molecule has 0 bridgehead atoms. The summed E-state index contributed by atoms with van der Waals surface area (Å²) in [6, 6.07) is 8.21. The number of halogens is 1. The molecule has 84 valence electrons. The van der Waals surface area contributed by atoms with Crippen molar-refractivity contribution in [2.75, 3.05) is 0 Å². The minimum atomic E-state index is 0.618. The molecule has 0 amide bonds. The average Bonchev–Trinajstić information content (AvgIpc) is 2.66. The number of hydrogen-bond acceptors (Lipinski definition) is 1. The molecule has 0 spiro atoms. The first kappa shape index (κ1) is 11.4. The van der Waals surface area contributed by atoms with Crippen molar-refractivity contribution in [3.05, 3.63) is 41.1 Å². The maximum absolute atomic E-state index is 4.37. The first-order valence-electron chi connectivity index (χ1n) is 5.44. The van der Waals surface area contributed by atoms with Gasteiger partial charge in [-0.25, -0.2) is 0 Å². The maximum atomic E-state index is 4.37. The van der Waals surface area contributed by atoms with Gasteiger partial charge in [0.2, 0.25) is 0 Å². The highest BCUT2D eigenvalue weighted by molar-refractivity contribution is 9.10. The normalized spacial score (nSPS) is 11.0. The zero-order valence-electron chi connectivity index (χ0n) is 9.52.